The average molecular weight is 343 g/mol. The highest BCUT2D eigenvalue weighted by atomic mass is 16.3. The van der Waals surface area contributed by atoms with Gasteiger partial charge >= 0.3 is 0 Å². The number of anilines is 2. The fourth-order valence-corrected chi connectivity index (χ4v) is 3.81. The molecule has 1 aromatic heterocycles. The van der Waals surface area contributed by atoms with Gasteiger partial charge < -0.3 is 9.32 Å². The van der Waals surface area contributed by atoms with Gasteiger partial charge in [0.15, 0.2) is 5.58 Å². The first-order chi connectivity index (χ1) is 12.6. The van der Waals surface area contributed by atoms with E-state index in [9.17, 15) is 0 Å². The quantitative estimate of drug-likeness (QED) is 0.395. The first-order valence-corrected chi connectivity index (χ1v) is 9.37. The Hall–Kier alpha value is -2.74. The molecule has 1 heterocycles. The van der Waals surface area contributed by atoms with Gasteiger partial charge in [-0.25, -0.2) is 0 Å². The van der Waals surface area contributed by atoms with E-state index in [1.807, 2.05) is 0 Å². The normalized spacial score (nSPS) is 11.6. The Morgan fingerprint density at radius 3 is 2.19 bits per heavy atom. The van der Waals surface area contributed by atoms with E-state index in [-0.39, 0.29) is 0 Å². The standard InChI is InChI=1S/C24H25NO/c1-5-17-10-6-7-14-21(17)25(4)22-15-9-13-20-19-12-8-11-18(16(2)3)23(19)26-24(20)22/h6-16H,5H2,1-4H3. The minimum Gasteiger partial charge on any atom is -0.454 e. The van der Waals surface area contributed by atoms with Gasteiger partial charge in [0.1, 0.15) is 5.58 Å². The molecule has 4 rings (SSSR count). The molecule has 0 atom stereocenters. The summed E-state index contributed by atoms with van der Waals surface area (Å²) in [6.07, 6.45) is 1.01. The molecule has 0 bridgehead atoms. The third-order valence-electron chi connectivity index (χ3n) is 5.25. The fraction of sp³-hybridized carbons (Fsp3) is 0.250. The third kappa shape index (κ3) is 2.57. The summed E-state index contributed by atoms with van der Waals surface area (Å²) in [5.41, 5.74) is 6.92. The number of fused-ring (bicyclic) bond motifs is 3. The van der Waals surface area contributed by atoms with Crippen LogP contribution in [0.5, 0.6) is 0 Å². The second-order valence-electron chi connectivity index (χ2n) is 7.18. The zero-order valence-corrected chi connectivity index (χ0v) is 15.9. The Labute approximate surface area is 155 Å². The largest absolute Gasteiger partial charge is 0.454 e. The number of nitrogens with zero attached hydrogens (tertiary/aromatic N) is 1. The molecular weight excluding hydrogens is 318 g/mol. The molecule has 0 aliphatic rings. The van der Waals surface area contributed by atoms with Gasteiger partial charge in [0.2, 0.25) is 0 Å². The van der Waals surface area contributed by atoms with Gasteiger partial charge in [-0.2, -0.15) is 0 Å². The molecule has 2 nitrogen and oxygen atoms in total. The molecule has 0 aliphatic carbocycles. The molecule has 0 spiro atoms. The number of hydrogen-bond donors (Lipinski definition) is 0. The lowest BCUT2D eigenvalue weighted by Gasteiger charge is -2.22. The van der Waals surface area contributed by atoms with Crippen LogP contribution in [0.4, 0.5) is 11.4 Å². The van der Waals surface area contributed by atoms with Crippen LogP contribution in [0, 0.1) is 0 Å². The summed E-state index contributed by atoms with van der Waals surface area (Å²) in [6.45, 7) is 6.63. The van der Waals surface area contributed by atoms with E-state index in [1.165, 1.54) is 27.6 Å². The Bertz CT molecular complexity index is 1070. The third-order valence-corrected chi connectivity index (χ3v) is 5.25. The molecule has 0 radical (unpaired) electrons. The lowest BCUT2D eigenvalue weighted by molar-refractivity contribution is 0.657. The molecule has 0 N–H and O–H groups in total. The summed E-state index contributed by atoms with van der Waals surface area (Å²) in [6, 6.07) is 21.5. The highest BCUT2D eigenvalue weighted by Crippen LogP contribution is 2.40. The molecule has 3 aromatic carbocycles. The SMILES string of the molecule is CCc1ccccc1N(C)c1cccc2c1oc1c(C(C)C)cccc12. The van der Waals surface area contributed by atoms with Crippen molar-refractivity contribution < 1.29 is 4.42 Å². The van der Waals surface area contributed by atoms with Crippen molar-refractivity contribution in [1.29, 1.82) is 0 Å². The second kappa shape index (κ2) is 6.53. The summed E-state index contributed by atoms with van der Waals surface area (Å²) in [7, 11) is 2.12. The number of aryl methyl sites for hydroxylation is 1. The zero-order chi connectivity index (χ0) is 18.3. The van der Waals surface area contributed by atoms with E-state index in [1.54, 1.807) is 0 Å². The maximum atomic E-state index is 6.45. The molecule has 0 aliphatic heterocycles. The molecule has 0 amide bonds. The molecule has 4 aromatic rings. The lowest BCUT2D eigenvalue weighted by atomic mass is 10.0. The van der Waals surface area contributed by atoms with Crippen LogP contribution < -0.4 is 4.90 Å². The Kier molecular flexibility index (Phi) is 4.20. The number of benzene rings is 3. The van der Waals surface area contributed by atoms with Gasteiger partial charge in [-0.15, -0.1) is 0 Å². The Morgan fingerprint density at radius 2 is 1.46 bits per heavy atom. The van der Waals surface area contributed by atoms with Gasteiger partial charge in [-0.1, -0.05) is 69.3 Å². The van der Waals surface area contributed by atoms with Gasteiger partial charge in [-0.05, 0) is 35.6 Å². The molecule has 26 heavy (non-hydrogen) atoms. The van der Waals surface area contributed by atoms with E-state index < -0.39 is 0 Å². The van der Waals surface area contributed by atoms with Crippen LogP contribution in [-0.4, -0.2) is 7.05 Å². The van der Waals surface area contributed by atoms with Crippen molar-refractivity contribution in [3.8, 4) is 0 Å². The van der Waals surface area contributed by atoms with Crippen molar-refractivity contribution in [3.05, 3.63) is 71.8 Å². The summed E-state index contributed by atoms with van der Waals surface area (Å²) in [4.78, 5) is 2.25. The average Bonchev–Trinajstić information content (AvgIpc) is 3.06. The predicted molar refractivity (Wildman–Crippen MR) is 112 cm³/mol. The second-order valence-corrected chi connectivity index (χ2v) is 7.18. The van der Waals surface area contributed by atoms with Crippen molar-refractivity contribution in [1.82, 2.24) is 0 Å². The first-order valence-electron chi connectivity index (χ1n) is 9.37. The molecule has 0 saturated heterocycles. The van der Waals surface area contributed by atoms with Crippen molar-refractivity contribution in [2.24, 2.45) is 0 Å². The topological polar surface area (TPSA) is 16.4 Å². The maximum absolute atomic E-state index is 6.45. The molecule has 0 fully saturated rings. The lowest BCUT2D eigenvalue weighted by Crippen LogP contribution is -2.11. The van der Waals surface area contributed by atoms with Crippen LogP contribution in [0.2, 0.25) is 0 Å². The van der Waals surface area contributed by atoms with Crippen LogP contribution in [-0.2, 0) is 6.42 Å². The summed E-state index contributed by atoms with van der Waals surface area (Å²) in [5.74, 6) is 0.432. The molecule has 2 heteroatoms. The highest BCUT2D eigenvalue weighted by Gasteiger charge is 2.18. The fourth-order valence-electron chi connectivity index (χ4n) is 3.81. The molecular formula is C24H25NO. The van der Waals surface area contributed by atoms with E-state index in [2.05, 4.69) is 93.4 Å². The smallest absolute Gasteiger partial charge is 0.159 e. The molecule has 132 valence electrons. The van der Waals surface area contributed by atoms with Crippen molar-refractivity contribution in [2.75, 3.05) is 11.9 Å². The summed E-state index contributed by atoms with van der Waals surface area (Å²) in [5, 5.41) is 2.38. The van der Waals surface area contributed by atoms with Crippen molar-refractivity contribution in [2.45, 2.75) is 33.1 Å². The van der Waals surface area contributed by atoms with Crippen LogP contribution in [0.25, 0.3) is 21.9 Å². The van der Waals surface area contributed by atoms with E-state index >= 15 is 0 Å². The Morgan fingerprint density at radius 1 is 0.808 bits per heavy atom. The van der Waals surface area contributed by atoms with E-state index in [0.29, 0.717) is 5.92 Å². The van der Waals surface area contributed by atoms with Gasteiger partial charge in [0.05, 0.1) is 5.69 Å². The summed E-state index contributed by atoms with van der Waals surface area (Å²) >= 11 is 0. The van der Waals surface area contributed by atoms with Crippen LogP contribution in [0.1, 0.15) is 37.8 Å². The van der Waals surface area contributed by atoms with Crippen LogP contribution in [0.15, 0.2) is 65.1 Å². The number of para-hydroxylation sites is 3. The van der Waals surface area contributed by atoms with E-state index in [0.717, 1.165) is 23.3 Å². The molecule has 0 unspecified atom stereocenters. The molecule has 0 saturated carbocycles. The number of furan rings is 1. The zero-order valence-electron chi connectivity index (χ0n) is 15.9. The number of hydrogen-bond acceptors (Lipinski definition) is 2. The van der Waals surface area contributed by atoms with Gasteiger partial charge in [-0.3, -0.25) is 0 Å². The minimum atomic E-state index is 0.432. The van der Waals surface area contributed by atoms with Crippen molar-refractivity contribution in [3.63, 3.8) is 0 Å². The van der Waals surface area contributed by atoms with Gasteiger partial charge in [0.25, 0.3) is 0 Å². The maximum Gasteiger partial charge on any atom is 0.159 e. The van der Waals surface area contributed by atoms with E-state index in [4.69, 9.17) is 4.42 Å². The van der Waals surface area contributed by atoms with Gasteiger partial charge in [0, 0.05) is 23.5 Å². The number of rotatable bonds is 4. The van der Waals surface area contributed by atoms with Crippen LogP contribution in [0.3, 0.4) is 0 Å². The highest BCUT2D eigenvalue weighted by molar-refractivity contribution is 6.10. The summed E-state index contributed by atoms with van der Waals surface area (Å²) < 4.78 is 6.45. The first kappa shape index (κ1) is 16.7. The predicted octanol–water partition coefficient (Wildman–Crippen LogP) is 7.04. The van der Waals surface area contributed by atoms with Crippen molar-refractivity contribution >= 4 is 33.3 Å². The monoisotopic (exact) mass is 343 g/mol. The van der Waals surface area contributed by atoms with Crippen LogP contribution >= 0.6 is 0 Å². The minimum absolute atomic E-state index is 0.432. The Balaban J connectivity index is 1.96.